The van der Waals surface area contributed by atoms with E-state index in [4.69, 9.17) is 4.74 Å². The van der Waals surface area contributed by atoms with Crippen molar-refractivity contribution in [2.45, 2.75) is 24.9 Å². The van der Waals surface area contributed by atoms with E-state index in [1.807, 2.05) is 30.3 Å². The molecule has 5 rings (SSSR count). The van der Waals surface area contributed by atoms with E-state index in [0.29, 0.717) is 25.2 Å². The summed E-state index contributed by atoms with van der Waals surface area (Å²) in [5, 5.41) is 0. The molecule has 3 aromatic rings. The first-order chi connectivity index (χ1) is 14.2. The van der Waals surface area contributed by atoms with Crippen LogP contribution in [0.25, 0.3) is 11.7 Å². The van der Waals surface area contributed by atoms with Crippen molar-refractivity contribution in [2.24, 2.45) is 0 Å². The highest BCUT2D eigenvalue weighted by atomic mass is 16.5. The Bertz CT molecular complexity index is 1180. The highest BCUT2D eigenvalue weighted by Crippen LogP contribution is 2.37. The van der Waals surface area contributed by atoms with E-state index >= 15 is 0 Å². The summed E-state index contributed by atoms with van der Waals surface area (Å²) < 4.78 is 7.77. The second kappa shape index (κ2) is 6.88. The lowest BCUT2D eigenvalue weighted by atomic mass is 9.91. The van der Waals surface area contributed by atoms with Crippen molar-refractivity contribution < 1.29 is 9.53 Å². The maximum Gasteiger partial charge on any atom is 0.270 e. The van der Waals surface area contributed by atoms with Gasteiger partial charge in [-0.25, -0.2) is 4.98 Å². The minimum atomic E-state index is -0.403. The first kappa shape index (κ1) is 17.7. The quantitative estimate of drug-likeness (QED) is 0.643. The summed E-state index contributed by atoms with van der Waals surface area (Å²) in [5.41, 5.74) is 0.978. The average Bonchev–Trinajstić information content (AvgIpc) is 2.96. The Labute approximate surface area is 168 Å². The van der Waals surface area contributed by atoms with Crippen LogP contribution in [0, 0.1) is 0 Å². The molecule has 2 aromatic heterocycles. The Hall–Kier alpha value is -3.41. The molecule has 0 unspecified atom stereocenters. The van der Waals surface area contributed by atoms with E-state index in [0.717, 1.165) is 24.2 Å². The van der Waals surface area contributed by atoms with Crippen molar-refractivity contribution in [1.82, 2.24) is 14.3 Å². The van der Waals surface area contributed by atoms with Gasteiger partial charge in [0.1, 0.15) is 22.6 Å². The Morgan fingerprint density at radius 2 is 1.93 bits per heavy atom. The number of pyridine rings is 1. The van der Waals surface area contributed by atoms with Gasteiger partial charge in [0, 0.05) is 37.5 Å². The first-order valence-electron chi connectivity index (χ1n) is 9.88. The van der Waals surface area contributed by atoms with E-state index in [1.165, 1.54) is 10.6 Å². The van der Waals surface area contributed by atoms with Crippen LogP contribution in [-0.4, -0.2) is 38.9 Å². The first-order valence-corrected chi connectivity index (χ1v) is 9.88. The summed E-state index contributed by atoms with van der Waals surface area (Å²) >= 11 is 0. The Morgan fingerprint density at radius 1 is 1.07 bits per heavy atom. The van der Waals surface area contributed by atoms with Crippen LogP contribution < -0.4 is 10.3 Å². The van der Waals surface area contributed by atoms with Gasteiger partial charge in [-0.1, -0.05) is 30.3 Å². The van der Waals surface area contributed by atoms with Gasteiger partial charge in [-0.2, -0.15) is 0 Å². The summed E-state index contributed by atoms with van der Waals surface area (Å²) in [5.74, 6) is 0.616. The summed E-state index contributed by atoms with van der Waals surface area (Å²) in [6.45, 7) is 1.12. The van der Waals surface area contributed by atoms with E-state index < -0.39 is 5.60 Å². The molecule has 0 aliphatic carbocycles. The number of ether oxygens (including phenoxy) is 1. The fraction of sp³-hybridized carbons (Fsp3) is 0.261. The van der Waals surface area contributed by atoms with Crippen molar-refractivity contribution in [1.29, 1.82) is 0 Å². The van der Waals surface area contributed by atoms with Crippen molar-refractivity contribution in [3.8, 4) is 5.75 Å². The fourth-order valence-electron chi connectivity index (χ4n) is 4.15. The number of carbonyl (C=O) groups is 1. The highest BCUT2D eigenvalue weighted by Gasteiger charge is 2.36. The van der Waals surface area contributed by atoms with Gasteiger partial charge >= 0.3 is 0 Å². The third kappa shape index (κ3) is 3.10. The maximum atomic E-state index is 13.1. The van der Waals surface area contributed by atoms with Crippen molar-refractivity contribution in [3.63, 3.8) is 0 Å². The Balaban J connectivity index is 1.39. The maximum absolute atomic E-state index is 13.1. The minimum absolute atomic E-state index is 0.107. The second-order valence-electron chi connectivity index (χ2n) is 7.59. The molecule has 6 nitrogen and oxygen atoms in total. The number of para-hydroxylation sites is 1. The van der Waals surface area contributed by atoms with Gasteiger partial charge in [-0.3, -0.25) is 14.0 Å². The van der Waals surface area contributed by atoms with Crippen LogP contribution in [-0.2, 0) is 0 Å². The number of amides is 1. The molecule has 29 heavy (non-hydrogen) atoms. The van der Waals surface area contributed by atoms with Gasteiger partial charge in [0.2, 0.25) is 0 Å². The predicted octanol–water partition coefficient (Wildman–Crippen LogP) is 3.17. The molecule has 1 amide bonds. The molecule has 1 atom stereocenters. The third-order valence-corrected chi connectivity index (χ3v) is 5.76. The summed E-state index contributed by atoms with van der Waals surface area (Å²) in [4.78, 5) is 31.9. The molecular weight excluding hydrogens is 366 g/mol. The molecule has 2 aliphatic rings. The molecule has 146 valence electrons. The second-order valence-corrected chi connectivity index (χ2v) is 7.59. The Morgan fingerprint density at radius 3 is 2.86 bits per heavy atom. The van der Waals surface area contributed by atoms with Crippen LogP contribution in [0.4, 0.5) is 0 Å². The molecule has 0 N–H and O–H groups in total. The SMILES string of the molecule is O=C(c1cnc2ccccn2c1=O)N1CCC[C@]2(C=Cc3ccccc3O2)CC1. The zero-order chi connectivity index (χ0) is 19.8. The smallest absolute Gasteiger partial charge is 0.270 e. The van der Waals surface area contributed by atoms with Gasteiger partial charge in [0.25, 0.3) is 11.5 Å². The lowest BCUT2D eigenvalue weighted by molar-refractivity contribution is 0.0728. The molecule has 1 spiro atoms. The summed E-state index contributed by atoms with van der Waals surface area (Å²) in [7, 11) is 0. The van der Waals surface area contributed by atoms with E-state index in [1.54, 1.807) is 23.2 Å². The normalized spacial score (nSPS) is 20.9. The molecule has 4 heterocycles. The lowest BCUT2D eigenvalue weighted by Gasteiger charge is -2.34. The topological polar surface area (TPSA) is 63.9 Å². The molecule has 1 aromatic carbocycles. The minimum Gasteiger partial charge on any atom is -0.483 e. The van der Waals surface area contributed by atoms with Crippen LogP contribution in [0.5, 0.6) is 5.75 Å². The third-order valence-electron chi connectivity index (χ3n) is 5.76. The lowest BCUT2D eigenvalue weighted by Crippen LogP contribution is -2.39. The van der Waals surface area contributed by atoms with Crippen LogP contribution in [0.2, 0.25) is 0 Å². The number of hydrogen-bond acceptors (Lipinski definition) is 4. The van der Waals surface area contributed by atoms with E-state index in [9.17, 15) is 9.59 Å². The predicted molar refractivity (Wildman–Crippen MR) is 110 cm³/mol. The monoisotopic (exact) mass is 387 g/mol. The van der Waals surface area contributed by atoms with Crippen molar-refractivity contribution in [2.75, 3.05) is 13.1 Å². The van der Waals surface area contributed by atoms with Crippen LogP contribution in [0.1, 0.15) is 35.2 Å². The average molecular weight is 387 g/mol. The largest absolute Gasteiger partial charge is 0.483 e. The summed E-state index contributed by atoms with van der Waals surface area (Å²) in [6.07, 6.45) is 9.58. The molecule has 1 saturated heterocycles. The highest BCUT2D eigenvalue weighted by molar-refractivity contribution is 5.93. The standard InChI is InChI=1S/C23H21N3O3/c27-21(18-16-24-20-8-3-4-14-26(20)22(18)28)25-13-5-10-23(12-15-25)11-9-17-6-1-2-7-19(17)29-23/h1-4,6-9,11,14,16H,5,10,12-13,15H2/t23-/m0/s1. The molecule has 0 saturated carbocycles. The zero-order valence-electron chi connectivity index (χ0n) is 16.0. The van der Waals surface area contributed by atoms with E-state index in [-0.39, 0.29) is 17.0 Å². The zero-order valence-corrected chi connectivity index (χ0v) is 16.0. The van der Waals surface area contributed by atoms with E-state index in [2.05, 4.69) is 17.1 Å². The molecule has 0 radical (unpaired) electrons. The fourth-order valence-corrected chi connectivity index (χ4v) is 4.15. The molecular formula is C23H21N3O3. The number of nitrogens with zero attached hydrogens (tertiary/aromatic N) is 3. The van der Waals surface area contributed by atoms with Gasteiger partial charge in [-0.05, 0) is 37.1 Å². The van der Waals surface area contributed by atoms with Crippen LogP contribution >= 0.6 is 0 Å². The number of benzene rings is 1. The number of carbonyl (C=O) groups excluding carboxylic acids is 1. The number of aromatic nitrogens is 2. The van der Waals surface area contributed by atoms with Crippen molar-refractivity contribution >= 4 is 17.6 Å². The number of likely N-dealkylation sites (tertiary alicyclic amines) is 1. The number of hydrogen-bond donors (Lipinski definition) is 0. The molecule has 6 heteroatoms. The van der Waals surface area contributed by atoms with Gasteiger partial charge in [0.15, 0.2) is 0 Å². The molecule has 0 bridgehead atoms. The van der Waals surface area contributed by atoms with Crippen molar-refractivity contribution in [3.05, 3.63) is 82.4 Å². The Kier molecular flexibility index (Phi) is 4.19. The van der Waals surface area contributed by atoms with Gasteiger partial charge in [0.05, 0.1) is 0 Å². The number of fused-ring (bicyclic) bond motifs is 2. The van der Waals surface area contributed by atoms with Crippen LogP contribution in [0.3, 0.4) is 0 Å². The van der Waals surface area contributed by atoms with Crippen LogP contribution in [0.15, 0.2) is 65.7 Å². The number of rotatable bonds is 1. The summed E-state index contributed by atoms with van der Waals surface area (Å²) in [6, 6.07) is 13.3. The van der Waals surface area contributed by atoms with Gasteiger partial charge in [-0.15, -0.1) is 0 Å². The molecule has 2 aliphatic heterocycles. The molecule has 1 fully saturated rings. The van der Waals surface area contributed by atoms with Gasteiger partial charge < -0.3 is 9.64 Å².